The van der Waals surface area contributed by atoms with Crippen molar-refractivity contribution in [2.24, 2.45) is 0 Å². The second kappa shape index (κ2) is 6.71. The first kappa shape index (κ1) is 14.8. The summed E-state index contributed by atoms with van der Waals surface area (Å²) in [5, 5.41) is 8.68. The minimum Gasteiger partial charge on any atom is -0.478 e. The molecule has 0 radical (unpaired) electrons. The first-order valence-electron chi connectivity index (χ1n) is 7.32. The lowest BCUT2D eigenvalue weighted by Gasteiger charge is -2.39. The summed E-state index contributed by atoms with van der Waals surface area (Å²) >= 11 is 0. The smallest absolute Gasteiger partial charge is 0.328 e. The summed E-state index contributed by atoms with van der Waals surface area (Å²) in [6.07, 6.45) is 6.69. The Morgan fingerprint density at radius 1 is 1.35 bits per heavy atom. The first-order chi connectivity index (χ1) is 9.56. The number of piperidine rings is 1. The molecule has 1 aliphatic heterocycles. The molecule has 1 N–H and O–H groups in total. The Hall–Kier alpha value is -1.61. The molecule has 0 aromatic heterocycles. The van der Waals surface area contributed by atoms with Gasteiger partial charge in [0, 0.05) is 24.7 Å². The summed E-state index contributed by atoms with van der Waals surface area (Å²) < 4.78 is 0. The van der Waals surface area contributed by atoms with E-state index in [1.807, 2.05) is 12.1 Å². The van der Waals surface area contributed by atoms with Crippen LogP contribution in [0, 0.1) is 0 Å². The van der Waals surface area contributed by atoms with Gasteiger partial charge in [-0.15, -0.1) is 0 Å². The van der Waals surface area contributed by atoms with Crippen LogP contribution in [0.25, 0.3) is 6.08 Å². The van der Waals surface area contributed by atoms with Crippen LogP contribution in [-0.2, 0) is 11.3 Å². The highest BCUT2D eigenvalue weighted by atomic mass is 16.4. The summed E-state index contributed by atoms with van der Waals surface area (Å²) in [5.74, 6) is -0.909. The maximum atomic E-state index is 10.6. The van der Waals surface area contributed by atoms with Gasteiger partial charge in [0.15, 0.2) is 0 Å². The number of carboxylic acids is 1. The molecule has 1 saturated heterocycles. The van der Waals surface area contributed by atoms with Crippen molar-refractivity contribution >= 4 is 12.0 Å². The molecular weight excluding hydrogens is 250 g/mol. The van der Waals surface area contributed by atoms with Gasteiger partial charge in [0.1, 0.15) is 0 Å². The summed E-state index contributed by atoms with van der Waals surface area (Å²) in [4.78, 5) is 13.1. The van der Waals surface area contributed by atoms with Gasteiger partial charge in [-0.2, -0.15) is 0 Å². The van der Waals surface area contributed by atoms with E-state index in [1.54, 1.807) is 6.08 Å². The molecule has 2 unspecified atom stereocenters. The highest BCUT2D eigenvalue weighted by Gasteiger charge is 2.24. The Kier molecular flexibility index (Phi) is 4.96. The Bertz CT molecular complexity index is 486. The predicted octanol–water partition coefficient (Wildman–Crippen LogP) is 3.55. The highest BCUT2D eigenvalue weighted by molar-refractivity contribution is 5.85. The molecule has 1 fully saturated rings. The number of benzene rings is 1. The molecule has 1 aromatic carbocycles. The number of hydrogen-bond donors (Lipinski definition) is 1. The van der Waals surface area contributed by atoms with Gasteiger partial charge in [-0.05, 0) is 43.9 Å². The third-order valence-corrected chi connectivity index (χ3v) is 4.11. The zero-order valence-electron chi connectivity index (χ0n) is 12.2. The van der Waals surface area contributed by atoms with Gasteiger partial charge in [-0.3, -0.25) is 4.90 Å². The topological polar surface area (TPSA) is 40.5 Å². The van der Waals surface area contributed by atoms with E-state index in [1.165, 1.54) is 30.9 Å². The standard InChI is InChI=1S/C17H23NO2/c1-13-5-3-6-14(2)18(13)12-16-8-4-7-15(11-16)9-10-17(19)20/h4,7-11,13-14H,3,5-6,12H2,1-2H3,(H,19,20). The quantitative estimate of drug-likeness (QED) is 0.853. The molecule has 2 atom stereocenters. The number of rotatable bonds is 4. The fourth-order valence-corrected chi connectivity index (χ4v) is 2.96. The largest absolute Gasteiger partial charge is 0.478 e. The minimum absolute atomic E-state index is 0.622. The second-order valence-electron chi connectivity index (χ2n) is 5.72. The third-order valence-electron chi connectivity index (χ3n) is 4.11. The average molecular weight is 273 g/mol. The lowest BCUT2D eigenvalue weighted by Crippen LogP contribution is -2.42. The van der Waals surface area contributed by atoms with Gasteiger partial charge in [0.2, 0.25) is 0 Å². The molecule has 2 rings (SSSR count). The third kappa shape index (κ3) is 3.94. The fourth-order valence-electron chi connectivity index (χ4n) is 2.96. The van der Waals surface area contributed by atoms with Crippen molar-refractivity contribution in [3.63, 3.8) is 0 Å². The van der Waals surface area contributed by atoms with Crippen LogP contribution < -0.4 is 0 Å². The van der Waals surface area contributed by atoms with Crippen LogP contribution in [0.2, 0.25) is 0 Å². The van der Waals surface area contributed by atoms with Crippen LogP contribution in [-0.4, -0.2) is 28.1 Å². The second-order valence-corrected chi connectivity index (χ2v) is 5.72. The van der Waals surface area contributed by atoms with Crippen molar-refractivity contribution in [3.8, 4) is 0 Å². The number of aliphatic carboxylic acids is 1. The van der Waals surface area contributed by atoms with E-state index < -0.39 is 5.97 Å². The highest BCUT2D eigenvalue weighted by Crippen LogP contribution is 2.24. The van der Waals surface area contributed by atoms with Gasteiger partial charge >= 0.3 is 5.97 Å². The van der Waals surface area contributed by atoms with Gasteiger partial charge < -0.3 is 5.11 Å². The van der Waals surface area contributed by atoms with Crippen LogP contribution >= 0.6 is 0 Å². The monoisotopic (exact) mass is 273 g/mol. The molecule has 1 aromatic rings. The van der Waals surface area contributed by atoms with Crippen LogP contribution in [0.1, 0.15) is 44.2 Å². The van der Waals surface area contributed by atoms with Crippen LogP contribution in [0.4, 0.5) is 0 Å². The van der Waals surface area contributed by atoms with Crippen molar-refractivity contribution in [3.05, 3.63) is 41.5 Å². The van der Waals surface area contributed by atoms with Gasteiger partial charge in [0.25, 0.3) is 0 Å². The van der Waals surface area contributed by atoms with Gasteiger partial charge in [-0.1, -0.05) is 30.7 Å². The van der Waals surface area contributed by atoms with Gasteiger partial charge in [-0.25, -0.2) is 4.79 Å². The molecule has 1 heterocycles. The summed E-state index contributed by atoms with van der Waals surface area (Å²) in [5.41, 5.74) is 2.19. The Morgan fingerprint density at radius 3 is 2.70 bits per heavy atom. The summed E-state index contributed by atoms with van der Waals surface area (Å²) in [6.45, 7) is 5.53. The zero-order chi connectivity index (χ0) is 14.5. The summed E-state index contributed by atoms with van der Waals surface area (Å²) in [6, 6.07) is 9.37. The van der Waals surface area contributed by atoms with Gasteiger partial charge in [0.05, 0.1) is 0 Å². The molecule has 20 heavy (non-hydrogen) atoms. The molecule has 1 aliphatic rings. The molecule has 0 bridgehead atoms. The van der Waals surface area contributed by atoms with E-state index in [9.17, 15) is 4.79 Å². The first-order valence-corrected chi connectivity index (χ1v) is 7.32. The number of carboxylic acid groups (broad SMARTS) is 1. The summed E-state index contributed by atoms with van der Waals surface area (Å²) in [7, 11) is 0. The maximum Gasteiger partial charge on any atom is 0.328 e. The molecule has 108 valence electrons. The predicted molar refractivity (Wildman–Crippen MR) is 81.4 cm³/mol. The molecule has 3 nitrogen and oxygen atoms in total. The molecule has 3 heteroatoms. The van der Waals surface area contributed by atoms with E-state index in [4.69, 9.17) is 5.11 Å². The molecule has 0 saturated carbocycles. The maximum absolute atomic E-state index is 10.6. The van der Waals surface area contributed by atoms with E-state index in [-0.39, 0.29) is 0 Å². The number of hydrogen-bond acceptors (Lipinski definition) is 2. The molecule has 0 spiro atoms. The lowest BCUT2D eigenvalue weighted by molar-refractivity contribution is -0.131. The number of carbonyl (C=O) groups is 1. The van der Waals surface area contributed by atoms with Crippen molar-refractivity contribution in [2.45, 2.75) is 51.7 Å². The molecule has 0 amide bonds. The Balaban J connectivity index is 2.09. The normalized spacial score (nSPS) is 24.1. The van der Waals surface area contributed by atoms with E-state index >= 15 is 0 Å². The van der Waals surface area contributed by atoms with Crippen LogP contribution in [0.3, 0.4) is 0 Å². The van der Waals surface area contributed by atoms with Crippen molar-refractivity contribution < 1.29 is 9.90 Å². The van der Waals surface area contributed by atoms with E-state index in [0.29, 0.717) is 12.1 Å². The molecule has 0 aliphatic carbocycles. The van der Waals surface area contributed by atoms with E-state index in [2.05, 4.69) is 30.9 Å². The zero-order valence-corrected chi connectivity index (χ0v) is 12.2. The number of likely N-dealkylation sites (tertiary alicyclic amines) is 1. The Morgan fingerprint density at radius 2 is 2.05 bits per heavy atom. The van der Waals surface area contributed by atoms with E-state index in [0.717, 1.165) is 12.1 Å². The fraction of sp³-hybridized carbons (Fsp3) is 0.471. The van der Waals surface area contributed by atoms with Crippen molar-refractivity contribution in [1.29, 1.82) is 0 Å². The van der Waals surface area contributed by atoms with Crippen LogP contribution in [0.5, 0.6) is 0 Å². The van der Waals surface area contributed by atoms with Crippen molar-refractivity contribution in [1.82, 2.24) is 4.90 Å². The van der Waals surface area contributed by atoms with Crippen LogP contribution in [0.15, 0.2) is 30.3 Å². The minimum atomic E-state index is -0.909. The SMILES string of the molecule is CC1CCCC(C)N1Cc1cccc(C=CC(=O)O)c1. The lowest BCUT2D eigenvalue weighted by atomic mass is 9.96. The van der Waals surface area contributed by atoms with Crippen molar-refractivity contribution in [2.75, 3.05) is 0 Å². The average Bonchev–Trinajstić information content (AvgIpc) is 2.41. The Labute approximate surface area is 120 Å². The number of nitrogens with zero attached hydrogens (tertiary/aromatic N) is 1. The molecular formula is C17H23NO2.